The summed E-state index contributed by atoms with van der Waals surface area (Å²) in [6.07, 6.45) is -2.98. The third-order valence-electron chi connectivity index (χ3n) is 2.26. The molecule has 100 valence electrons. The summed E-state index contributed by atoms with van der Waals surface area (Å²) in [7, 11) is 0. The lowest BCUT2D eigenvalue weighted by Gasteiger charge is -2.20. The van der Waals surface area contributed by atoms with Gasteiger partial charge in [-0.05, 0) is 6.07 Å². The van der Waals surface area contributed by atoms with E-state index in [1.807, 2.05) is 0 Å². The Morgan fingerprint density at radius 3 is 2.56 bits per heavy atom. The first-order chi connectivity index (χ1) is 8.32. The minimum absolute atomic E-state index is 0.00868. The molecule has 0 spiro atoms. The van der Waals surface area contributed by atoms with Crippen molar-refractivity contribution in [2.45, 2.75) is 19.1 Å². The molecule has 3 N–H and O–H groups in total. The number of hydrogen-bond donors (Lipinski definition) is 3. The number of nitrogens with one attached hydrogen (secondary N) is 1. The van der Waals surface area contributed by atoms with Crippen LogP contribution in [-0.2, 0) is 4.79 Å². The molecule has 0 aliphatic carbocycles. The molecule has 1 amide bonds. The van der Waals surface area contributed by atoms with Crippen molar-refractivity contribution >= 4 is 21.8 Å². The fourth-order valence-corrected chi connectivity index (χ4v) is 2.03. The molecule has 1 rings (SSSR count). The molecule has 18 heavy (non-hydrogen) atoms. The molecule has 7 heteroatoms. The van der Waals surface area contributed by atoms with Gasteiger partial charge in [0.2, 0.25) is 5.91 Å². The minimum atomic E-state index is -1.58. The molecule has 0 saturated heterocycles. The maximum atomic E-state index is 13.5. The third kappa shape index (κ3) is 3.72. The molecule has 0 aliphatic rings. The van der Waals surface area contributed by atoms with Crippen molar-refractivity contribution in [3.8, 4) is 0 Å². The summed E-state index contributed by atoms with van der Waals surface area (Å²) < 4.78 is 26.4. The van der Waals surface area contributed by atoms with Gasteiger partial charge in [0, 0.05) is 29.6 Å². The molecule has 0 heterocycles. The van der Waals surface area contributed by atoms with Gasteiger partial charge in [0.25, 0.3) is 0 Å². The molecular weight excluding hydrogens is 312 g/mol. The predicted octanol–water partition coefficient (Wildman–Crippen LogP) is 1.26. The van der Waals surface area contributed by atoms with Crippen LogP contribution in [0.3, 0.4) is 0 Å². The van der Waals surface area contributed by atoms with E-state index in [9.17, 15) is 23.8 Å². The van der Waals surface area contributed by atoms with Crippen LogP contribution < -0.4 is 5.32 Å². The zero-order chi connectivity index (χ0) is 13.9. The fraction of sp³-hybridized carbons (Fsp3) is 0.364. The van der Waals surface area contributed by atoms with Gasteiger partial charge in [0.1, 0.15) is 23.8 Å². The molecule has 1 aromatic carbocycles. The van der Waals surface area contributed by atoms with Gasteiger partial charge < -0.3 is 15.5 Å². The quantitative estimate of drug-likeness (QED) is 0.781. The van der Waals surface area contributed by atoms with Gasteiger partial charge in [0.15, 0.2) is 0 Å². The van der Waals surface area contributed by atoms with E-state index in [-0.39, 0.29) is 22.5 Å². The standard InChI is InChI=1S/C11H12BrF2NO3/c1-5(16)15-4-9(17)11(18)10-7(12)2-6(13)3-8(10)14/h2-3,9,11,17-18H,4H2,1H3,(H,15,16). The van der Waals surface area contributed by atoms with Crippen LogP contribution in [0.4, 0.5) is 8.78 Å². The average molecular weight is 324 g/mol. The highest BCUT2D eigenvalue weighted by atomic mass is 79.9. The second-order valence-corrected chi connectivity index (χ2v) is 4.59. The highest BCUT2D eigenvalue weighted by Crippen LogP contribution is 2.29. The van der Waals surface area contributed by atoms with Crippen LogP contribution in [0, 0.1) is 11.6 Å². The Hall–Kier alpha value is -1.05. The maximum Gasteiger partial charge on any atom is 0.216 e. The summed E-state index contributed by atoms with van der Waals surface area (Å²) in [5.41, 5.74) is -0.255. The lowest BCUT2D eigenvalue weighted by molar-refractivity contribution is -0.119. The van der Waals surface area contributed by atoms with Crippen molar-refractivity contribution in [2.24, 2.45) is 0 Å². The zero-order valence-electron chi connectivity index (χ0n) is 9.45. The predicted molar refractivity (Wildman–Crippen MR) is 63.7 cm³/mol. The number of halogens is 3. The number of hydrogen-bond acceptors (Lipinski definition) is 3. The van der Waals surface area contributed by atoms with E-state index in [0.717, 1.165) is 6.07 Å². The molecule has 1 aromatic rings. The van der Waals surface area contributed by atoms with Crippen LogP contribution in [0.5, 0.6) is 0 Å². The molecule has 0 aliphatic heterocycles. The number of amides is 1. The Balaban J connectivity index is 2.89. The topological polar surface area (TPSA) is 69.6 Å². The fourth-order valence-electron chi connectivity index (χ4n) is 1.39. The number of aliphatic hydroxyl groups excluding tert-OH is 2. The average Bonchev–Trinajstić information content (AvgIpc) is 2.24. The van der Waals surface area contributed by atoms with E-state index in [4.69, 9.17) is 0 Å². The maximum absolute atomic E-state index is 13.5. The van der Waals surface area contributed by atoms with Gasteiger partial charge >= 0.3 is 0 Å². The summed E-state index contributed by atoms with van der Waals surface area (Å²) in [4.78, 5) is 10.6. The number of rotatable bonds is 4. The normalized spacial score (nSPS) is 14.1. The summed E-state index contributed by atoms with van der Waals surface area (Å²) in [5, 5.41) is 21.6. The van der Waals surface area contributed by atoms with Crippen LogP contribution in [0.15, 0.2) is 16.6 Å². The highest BCUT2D eigenvalue weighted by Gasteiger charge is 2.24. The number of carbonyl (C=O) groups excluding carboxylic acids is 1. The summed E-state index contributed by atoms with van der Waals surface area (Å²) >= 11 is 2.91. The van der Waals surface area contributed by atoms with Crippen LogP contribution in [0.1, 0.15) is 18.6 Å². The smallest absolute Gasteiger partial charge is 0.216 e. The Morgan fingerprint density at radius 2 is 2.06 bits per heavy atom. The molecule has 2 unspecified atom stereocenters. The third-order valence-corrected chi connectivity index (χ3v) is 2.92. The van der Waals surface area contributed by atoms with Crippen molar-refractivity contribution in [3.05, 3.63) is 33.8 Å². The first-order valence-corrected chi connectivity index (χ1v) is 5.87. The number of benzene rings is 1. The van der Waals surface area contributed by atoms with Crippen LogP contribution in [0.2, 0.25) is 0 Å². The van der Waals surface area contributed by atoms with Crippen molar-refractivity contribution in [1.82, 2.24) is 5.32 Å². The Bertz CT molecular complexity index is 433. The molecule has 4 nitrogen and oxygen atoms in total. The Morgan fingerprint density at radius 1 is 1.44 bits per heavy atom. The van der Waals surface area contributed by atoms with Crippen molar-refractivity contribution in [3.63, 3.8) is 0 Å². The summed E-state index contributed by atoms with van der Waals surface area (Å²) in [6.45, 7) is 1.01. The lowest BCUT2D eigenvalue weighted by atomic mass is 10.0. The molecule has 0 aromatic heterocycles. The SMILES string of the molecule is CC(=O)NCC(O)C(O)c1c(F)cc(F)cc1Br. The first-order valence-electron chi connectivity index (χ1n) is 5.08. The molecule has 0 saturated carbocycles. The molecule has 2 atom stereocenters. The Kier molecular flexibility index (Phi) is 5.18. The highest BCUT2D eigenvalue weighted by molar-refractivity contribution is 9.10. The zero-order valence-corrected chi connectivity index (χ0v) is 11.0. The lowest BCUT2D eigenvalue weighted by Crippen LogP contribution is -2.34. The number of carbonyl (C=O) groups is 1. The molecule has 0 fully saturated rings. The van der Waals surface area contributed by atoms with E-state index >= 15 is 0 Å². The largest absolute Gasteiger partial charge is 0.388 e. The van der Waals surface area contributed by atoms with Crippen LogP contribution in [0.25, 0.3) is 0 Å². The van der Waals surface area contributed by atoms with Crippen LogP contribution >= 0.6 is 15.9 Å². The monoisotopic (exact) mass is 323 g/mol. The van der Waals surface area contributed by atoms with Gasteiger partial charge in [-0.25, -0.2) is 8.78 Å². The van der Waals surface area contributed by atoms with E-state index in [1.54, 1.807) is 0 Å². The van der Waals surface area contributed by atoms with E-state index < -0.39 is 23.8 Å². The van der Waals surface area contributed by atoms with E-state index in [2.05, 4.69) is 21.2 Å². The van der Waals surface area contributed by atoms with Gasteiger partial charge in [-0.15, -0.1) is 0 Å². The Labute approximate surface area is 111 Å². The molecular formula is C11H12BrF2NO3. The van der Waals surface area contributed by atoms with Gasteiger partial charge in [0.05, 0.1) is 0 Å². The van der Waals surface area contributed by atoms with E-state index in [0.29, 0.717) is 6.07 Å². The van der Waals surface area contributed by atoms with E-state index in [1.165, 1.54) is 6.92 Å². The molecule has 0 radical (unpaired) electrons. The molecule has 0 bridgehead atoms. The first kappa shape index (κ1) is 15.0. The van der Waals surface area contributed by atoms with Gasteiger partial charge in [-0.1, -0.05) is 15.9 Å². The van der Waals surface area contributed by atoms with Crippen molar-refractivity contribution < 1.29 is 23.8 Å². The van der Waals surface area contributed by atoms with Gasteiger partial charge in [-0.3, -0.25) is 4.79 Å². The van der Waals surface area contributed by atoms with Crippen molar-refractivity contribution in [2.75, 3.05) is 6.54 Å². The van der Waals surface area contributed by atoms with Crippen molar-refractivity contribution in [1.29, 1.82) is 0 Å². The summed E-state index contributed by atoms with van der Waals surface area (Å²) in [5.74, 6) is -2.16. The van der Waals surface area contributed by atoms with Gasteiger partial charge in [-0.2, -0.15) is 0 Å². The second kappa shape index (κ2) is 6.21. The number of aliphatic hydroxyl groups is 2. The van der Waals surface area contributed by atoms with Crippen LogP contribution in [-0.4, -0.2) is 28.8 Å². The second-order valence-electron chi connectivity index (χ2n) is 3.73. The summed E-state index contributed by atoms with van der Waals surface area (Å²) in [6, 6.07) is 1.58. The minimum Gasteiger partial charge on any atom is -0.388 e.